The van der Waals surface area contributed by atoms with E-state index in [-0.39, 0.29) is 0 Å². The average Bonchev–Trinajstić information content (AvgIpc) is 2.15. The summed E-state index contributed by atoms with van der Waals surface area (Å²) in [5, 5.41) is 1.13. The smallest absolute Gasteiger partial charge is 0.00901 e. The van der Waals surface area contributed by atoms with Crippen molar-refractivity contribution in [1.82, 2.24) is 4.90 Å². The summed E-state index contributed by atoms with van der Waals surface area (Å²) in [4.78, 5) is 2.66. The molecule has 0 bridgehead atoms. The fourth-order valence-corrected chi connectivity index (χ4v) is 2.21. The number of rotatable bonds is 8. The van der Waals surface area contributed by atoms with E-state index >= 15 is 0 Å². The highest BCUT2D eigenvalue weighted by Gasteiger charge is 2.15. The first kappa shape index (κ1) is 14.4. The van der Waals surface area contributed by atoms with Crippen molar-refractivity contribution in [3.63, 3.8) is 0 Å². The zero-order chi connectivity index (χ0) is 11.0. The number of nitrogens with zero attached hydrogens (tertiary/aromatic N) is 1. The van der Waals surface area contributed by atoms with Crippen molar-refractivity contribution in [1.29, 1.82) is 0 Å². The SMILES string of the molecule is CCC(CC)N(CCCBr)CC(C)C. The van der Waals surface area contributed by atoms with Gasteiger partial charge in [0.1, 0.15) is 0 Å². The van der Waals surface area contributed by atoms with Crippen LogP contribution in [0.25, 0.3) is 0 Å². The van der Waals surface area contributed by atoms with Gasteiger partial charge in [-0.2, -0.15) is 0 Å². The van der Waals surface area contributed by atoms with Gasteiger partial charge < -0.3 is 4.90 Å². The molecule has 14 heavy (non-hydrogen) atoms. The molecule has 0 amide bonds. The fraction of sp³-hybridized carbons (Fsp3) is 1.00. The van der Waals surface area contributed by atoms with Crippen LogP contribution in [0.15, 0.2) is 0 Å². The van der Waals surface area contributed by atoms with E-state index < -0.39 is 0 Å². The lowest BCUT2D eigenvalue weighted by atomic mass is 10.1. The Morgan fingerprint density at radius 1 is 1.14 bits per heavy atom. The monoisotopic (exact) mass is 263 g/mol. The summed E-state index contributed by atoms with van der Waals surface area (Å²) in [5.74, 6) is 0.783. The first-order valence-corrected chi connectivity index (χ1v) is 7.07. The minimum absolute atomic E-state index is 0.783. The maximum Gasteiger partial charge on any atom is 0.00901 e. The second-order valence-electron chi connectivity index (χ2n) is 4.40. The normalized spacial score (nSPS) is 12.0. The van der Waals surface area contributed by atoms with Crippen molar-refractivity contribution >= 4 is 15.9 Å². The van der Waals surface area contributed by atoms with E-state index in [0.29, 0.717) is 0 Å². The molecule has 0 rings (SSSR count). The molecule has 0 atom stereocenters. The van der Waals surface area contributed by atoms with Crippen molar-refractivity contribution < 1.29 is 0 Å². The van der Waals surface area contributed by atoms with Gasteiger partial charge in [0.25, 0.3) is 0 Å². The van der Waals surface area contributed by atoms with Crippen molar-refractivity contribution in [2.45, 2.75) is 53.0 Å². The van der Waals surface area contributed by atoms with Crippen LogP contribution < -0.4 is 0 Å². The molecule has 0 aromatic rings. The topological polar surface area (TPSA) is 3.24 Å². The highest BCUT2D eigenvalue weighted by Crippen LogP contribution is 2.12. The molecule has 0 radical (unpaired) electrons. The van der Waals surface area contributed by atoms with Gasteiger partial charge in [-0.3, -0.25) is 0 Å². The Hall–Kier alpha value is 0.440. The summed E-state index contributed by atoms with van der Waals surface area (Å²) in [7, 11) is 0. The van der Waals surface area contributed by atoms with E-state index in [1.54, 1.807) is 0 Å². The van der Waals surface area contributed by atoms with E-state index in [9.17, 15) is 0 Å². The Balaban J connectivity index is 4.06. The summed E-state index contributed by atoms with van der Waals surface area (Å²) in [5.41, 5.74) is 0. The lowest BCUT2D eigenvalue weighted by Gasteiger charge is -2.31. The van der Waals surface area contributed by atoms with E-state index in [1.807, 2.05) is 0 Å². The molecule has 0 spiro atoms. The van der Waals surface area contributed by atoms with Crippen LogP contribution in [-0.4, -0.2) is 29.4 Å². The molecule has 0 aliphatic rings. The summed E-state index contributed by atoms with van der Waals surface area (Å²) >= 11 is 3.51. The zero-order valence-electron chi connectivity index (χ0n) is 10.2. The second-order valence-corrected chi connectivity index (χ2v) is 5.19. The minimum Gasteiger partial charge on any atom is -0.300 e. The molecule has 0 aliphatic heterocycles. The van der Waals surface area contributed by atoms with E-state index in [1.165, 1.54) is 32.4 Å². The molecule has 0 aromatic carbocycles. The molecule has 0 aliphatic carbocycles. The van der Waals surface area contributed by atoms with Crippen LogP contribution in [0, 0.1) is 5.92 Å². The van der Waals surface area contributed by atoms with Gasteiger partial charge in [0.05, 0.1) is 0 Å². The highest BCUT2D eigenvalue weighted by atomic mass is 79.9. The molecule has 1 nitrogen and oxygen atoms in total. The molecule has 0 fully saturated rings. The number of alkyl halides is 1. The van der Waals surface area contributed by atoms with E-state index in [0.717, 1.165) is 17.3 Å². The molecular formula is C12H26BrN. The van der Waals surface area contributed by atoms with Gasteiger partial charge in [-0.05, 0) is 31.7 Å². The summed E-state index contributed by atoms with van der Waals surface area (Å²) in [6.07, 6.45) is 3.83. The summed E-state index contributed by atoms with van der Waals surface area (Å²) in [6.45, 7) is 11.7. The number of halogens is 1. The van der Waals surface area contributed by atoms with Crippen molar-refractivity contribution in [2.24, 2.45) is 5.92 Å². The Morgan fingerprint density at radius 2 is 1.71 bits per heavy atom. The van der Waals surface area contributed by atoms with Crippen LogP contribution in [0.5, 0.6) is 0 Å². The maximum absolute atomic E-state index is 3.51. The first-order valence-electron chi connectivity index (χ1n) is 5.95. The molecular weight excluding hydrogens is 238 g/mol. The Labute approximate surface area is 98.4 Å². The van der Waals surface area contributed by atoms with Crippen molar-refractivity contribution in [3.8, 4) is 0 Å². The van der Waals surface area contributed by atoms with Crippen molar-refractivity contribution in [2.75, 3.05) is 18.4 Å². The predicted octanol–water partition coefficient (Wildman–Crippen LogP) is 3.92. The van der Waals surface area contributed by atoms with Crippen LogP contribution >= 0.6 is 15.9 Å². The number of hydrogen-bond acceptors (Lipinski definition) is 1. The van der Waals surface area contributed by atoms with Crippen LogP contribution in [0.1, 0.15) is 47.0 Å². The van der Waals surface area contributed by atoms with E-state index in [2.05, 4.69) is 48.5 Å². The maximum atomic E-state index is 3.51. The van der Waals surface area contributed by atoms with E-state index in [4.69, 9.17) is 0 Å². The predicted molar refractivity (Wildman–Crippen MR) is 69.2 cm³/mol. The molecule has 0 saturated heterocycles. The Kier molecular flexibility index (Phi) is 9.00. The second kappa shape index (κ2) is 8.72. The standard InChI is InChI=1S/C12H26BrN/c1-5-12(6-2)14(9-7-8-13)10-11(3)4/h11-12H,5-10H2,1-4H3. The molecule has 86 valence electrons. The first-order chi connectivity index (χ1) is 6.65. The molecule has 0 saturated carbocycles. The highest BCUT2D eigenvalue weighted by molar-refractivity contribution is 9.09. The van der Waals surface area contributed by atoms with Gasteiger partial charge in [0.15, 0.2) is 0 Å². The van der Waals surface area contributed by atoms with Gasteiger partial charge in [-0.25, -0.2) is 0 Å². The Morgan fingerprint density at radius 3 is 2.07 bits per heavy atom. The van der Waals surface area contributed by atoms with Gasteiger partial charge >= 0.3 is 0 Å². The quantitative estimate of drug-likeness (QED) is 0.601. The lowest BCUT2D eigenvalue weighted by Crippen LogP contribution is -2.38. The fourth-order valence-electron chi connectivity index (χ4n) is 1.96. The van der Waals surface area contributed by atoms with Crippen LogP contribution in [-0.2, 0) is 0 Å². The molecule has 2 heteroatoms. The molecule has 0 N–H and O–H groups in total. The van der Waals surface area contributed by atoms with Crippen molar-refractivity contribution in [3.05, 3.63) is 0 Å². The van der Waals surface area contributed by atoms with Gasteiger partial charge in [-0.1, -0.05) is 43.6 Å². The summed E-state index contributed by atoms with van der Waals surface area (Å²) in [6, 6.07) is 0.788. The third-order valence-corrected chi connectivity index (χ3v) is 3.20. The third kappa shape index (κ3) is 6.02. The van der Waals surface area contributed by atoms with Gasteiger partial charge in [0.2, 0.25) is 0 Å². The third-order valence-electron chi connectivity index (χ3n) is 2.64. The lowest BCUT2D eigenvalue weighted by molar-refractivity contribution is 0.167. The molecule has 0 heterocycles. The Bertz CT molecular complexity index is 121. The summed E-state index contributed by atoms with van der Waals surface area (Å²) < 4.78 is 0. The van der Waals surface area contributed by atoms with Crippen LogP contribution in [0.2, 0.25) is 0 Å². The molecule has 0 unspecified atom stereocenters. The average molecular weight is 264 g/mol. The van der Waals surface area contributed by atoms with Gasteiger partial charge in [-0.15, -0.1) is 0 Å². The molecule has 0 aromatic heterocycles. The zero-order valence-corrected chi connectivity index (χ0v) is 11.8. The van der Waals surface area contributed by atoms with Gasteiger partial charge in [0, 0.05) is 17.9 Å². The number of hydrogen-bond donors (Lipinski definition) is 0. The minimum atomic E-state index is 0.783. The van der Waals surface area contributed by atoms with Crippen LogP contribution in [0.3, 0.4) is 0 Å². The van der Waals surface area contributed by atoms with Crippen LogP contribution in [0.4, 0.5) is 0 Å². The largest absolute Gasteiger partial charge is 0.300 e.